The summed E-state index contributed by atoms with van der Waals surface area (Å²) in [5.41, 5.74) is 2.28. The summed E-state index contributed by atoms with van der Waals surface area (Å²) in [4.78, 5) is 31.3. The molecule has 1 N–H and O–H groups in total. The van der Waals surface area contributed by atoms with Gasteiger partial charge < -0.3 is 15.0 Å². The highest BCUT2D eigenvalue weighted by molar-refractivity contribution is 9.10. The lowest BCUT2D eigenvalue weighted by Crippen LogP contribution is -2.33. The zero-order chi connectivity index (χ0) is 21.1. The molecule has 1 fully saturated rings. The number of anilines is 2. The van der Waals surface area contributed by atoms with Crippen LogP contribution in [0.4, 0.5) is 11.4 Å². The van der Waals surface area contributed by atoms with E-state index in [2.05, 4.69) is 26.2 Å². The number of carbonyl (C=O) groups excluding carboxylic acids is 2. The number of pyridine rings is 1. The summed E-state index contributed by atoms with van der Waals surface area (Å²) in [6.07, 6.45) is 3.80. The second-order valence-electron chi connectivity index (χ2n) is 7.04. The maximum Gasteiger partial charge on any atom is 0.239 e. The number of nitrogens with one attached hydrogen (secondary N) is 1. The zero-order valence-corrected chi connectivity index (χ0v) is 17.9. The minimum absolute atomic E-state index is 0.187. The summed E-state index contributed by atoms with van der Waals surface area (Å²) in [5, 5.41) is 2.87. The fourth-order valence-electron chi connectivity index (χ4n) is 3.44. The lowest BCUT2D eigenvalue weighted by molar-refractivity contribution is -0.129. The van der Waals surface area contributed by atoms with Crippen LogP contribution in [0.25, 0.3) is 0 Å². The van der Waals surface area contributed by atoms with E-state index in [1.54, 1.807) is 35.5 Å². The Morgan fingerprint density at radius 1 is 1.20 bits per heavy atom. The van der Waals surface area contributed by atoms with Crippen LogP contribution in [0.3, 0.4) is 0 Å². The van der Waals surface area contributed by atoms with Crippen molar-refractivity contribution in [2.75, 3.05) is 16.8 Å². The van der Waals surface area contributed by atoms with Crippen LogP contribution in [0, 0.1) is 12.8 Å². The van der Waals surface area contributed by atoms with E-state index in [1.165, 1.54) is 0 Å². The molecule has 0 bridgehead atoms. The Morgan fingerprint density at radius 2 is 2.03 bits per heavy atom. The standard InChI is InChI=1S/C23H20BrN3O3/c1-15-13-16(8-9-21(15)30-17-5-4-11-25-14-17)26-22(28)18-10-12-27(23(18)29)20-7-3-2-6-19(20)24/h2-9,11,13-14,18H,10,12H2,1H3,(H,26,28). The third-order valence-corrected chi connectivity index (χ3v) is 5.64. The van der Waals surface area contributed by atoms with Crippen LogP contribution < -0.4 is 15.0 Å². The number of halogens is 1. The van der Waals surface area contributed by atoms with Crippen molar-refractivity contribution in [3.63, 3.8) is 0 Å². The molecule has 1 aromatic heterocycles. The van der Waals surface area contributed by atoms with Crippen molar-refractivity contribution >= 4 is 39.1 Å². The number of benzene rings is 2. The van der Waals surface area contributed by atoms with Crippen molar-refractivity contribution in [1.29, 1.82) is 0 Å². The molecule has 1 aliphatic rings. The molecule has 1 aliphatic heterocycles. The van der Waals surface area contributed by atoms with E-state index in [0.29, 0.717) is 30.2 Å². The van der Waals surface area contributed by atoms with E-state index < -0.39 is 5.92 Å². The van der Waals surface area contributed by atoms with Crippen molar-refractivity contribution in [2.24, 2.45) is 5.92 Å². The number of rotatable bonds is 5. The molecule has 0 spiro atoms. The van der Waals surface area contributed by atoms with Gasteiger partial charge in [-0.1, -0.05) is 12.1 Å². The SMILES string of the molecule is Cc1cc(NC(=O)C2CCN(c3ccccc3Br)C2=O)ccc1Oc1cccnc1. The summed E-state index contributed by atoms with van der Waals surface area (Å²) in [7, 11) is 0. The van der Waals surface area contributed by atoms with Crippen LogP contribution in [0.15, 0.2) is 71.5 Å². The van der Waals surface area contributed by atoms with Crippen molar-refractivity contribution in [3.8, 4) is 11.5 Å². The van der Waals surface area contributed by atoms with Crippen molar-refractivity contribution in [3.05, 3.63) is 77.0 Å². The minimum Gasteiger partial charge on any atom is -0.455 e. The smallest absolute Gasteiger partial charge is 0.239 e. The molecule has 0 radical (unpaired) electrons. The molecule has 2 heterocycles. The largest absolute Gasteiger partial charge is 0.455 e. The fourth-order valence-corrected chi connectivity index (χ4v) is 3.94. The van der Waals surface area contributed by atoms with E-state index in [9.17, 15) is 9.59 Å². The Kier molecular flexibility index (Phi) is 5.81. The summed E-state index contributed by atoms with van der Waals surface area (Å²) < 4.78 is 6.65. The third kappa shape index (κ3) is 4.21. The van der Waals surface area contributed by atoms with Crippen LogP contribution in [-0.2, 0) is 9.59 Å². The lowest BCUT2D eigenvalue weighted by atomic mass is 10.1. The third-order valence-electron chi connectivity index (χ3n) is 4.97. The molecule has 3 aromatic rings. The first-order valence-corrected chi connectivity index (χ1v) is 10.4. The number of para-hydroxylation sites is 1. The van der Waals surface area contributed by atoms with Crippen LogP contribution in [0.1, 0.15) is 12.0 Å². The summed E-state index contributed by atoms with van der Waals surface area (Å²) >= 11 is 3.47. The monoisotopic (exact) mass is 465 g/mol. The molecule has 1 atom stereocenters. The van der Waals surface area contributed by atoms with Gasteiger partial charge in [-0.3, -0.25) is 14.6 Å². The predicted octanol–water partition coefficient (Wildman–Crippen LogP) is 4.94. The van der Waals surface area contributed by atoms with Gasteiger partial charge >= 0.3 is 0 Å². The van der Waals surface area contributed by atoms with Gasteiger partial charge in [0.1, 0.15) is 17.4 Å². The van der Waals surface area contributed by atoms with Crippen molar-refractivity contribution in [1.82, 2.24) is 4.98 Å². The molecule has 152 valence electrons. The van der Waals surface area contributed by atoms with Crippen LogP contribution in [0.5, 0.6) is 11.5 Å². The number of hydrogen-bond donors (Lipinski definition) is 1. The number of amides is 2. The van der Waals surface area contributed by atoms with Gasteiger partial charge in [0.25, 0.3) is 0 Å². The van der Waals surface area contributed by atoms with E-state index in [1.807, 2.05) is 43.3 Å². The van der Waals surface area contributed by atoms with Crippen LogP contribution >= 0.6 is 15.9 Å². The Balaban J connectivity index is 1.43. The van der Waals surface area contributed by atoms with Gasteiger partial charge in [0.2, 0.25) is 11.8 Å². The van der Waals surface area contributed by atoms with Gasteiger partial charge in [-0.2, -0.15) is 0 Å². The first-order chi connectivity index (χ1) is 14.5. The maximum atomic E-state index is 12.8. The highest BCUT2D eigenvalue weighted by Gasteiger charge is 2.38. The second kappa shape index (κ2) is 8.67. The number of hydrogen-bond acceptors (Lipinski definition) is 4. The number of nitrogens with zero attached hydrogens (tertiary/aromatic N) is 2. The zero-order valence-electron chi connectivity index (χ0n) is 16.3. The first-order valence-electron chi connectivity index (χ1n) is 9.58. The molecule has 6 nitrogen and oxygen atoms in total. The molecule has 0 saturated carbocycles. The fraction of sp³-hybridized carbons (Fsp3) is 0.174. The van der Waals surface area contributed by atoms with E-state index >= 15 is 0 Å². The molecule has 2 aromatic carbocycles. The first kappa shape index (κ1) is 20.1. The number of carbonyl (C=O) groups is 2. The van der Waals surface area contributed by atoms with Crippen LogP contribution in [-0.4, -0.2) is 23.3 Å². The minimum atomic E-state index is -0.705. The molecular formula is C23H20BrN3O3. The number of aryl methyl sites for hydroxylation is 1. The molecule has 4 rings (SSSR count). The lowest BCUT2D eigenvalue weighted by Gasteiger charge is -2.18. The summed E-state index contributed by atoms with van der Waals surface area (Å²) in [6, 6.07) is 16.5. The topological polar surface area (TPSA) is 71.5 Å². The quantitative estimate of drug-likeness (QED) is 0.541. The van der Waals surface area contributed by atoms with Gasteiger partial charge in [0, 0.05) is 22.9 Å². The summed E-state index contributed by atoms with van der Waals surface area (Å²) in [5.74, 6) is 0.130. The van der Waals surface area contributed by atoms with E-state index in [0.717, 1.165) is 15.7 Å². The molecule has 1 saturated heterocycles. The second-order valence-corrected chi connectivity index (χ2v) is 7.90. The molecule has 2 amide bonds. The molecule has 0 aliphatic carbocycles. The van der Waals surface area contributed by atoms with Gasteiger partial charge in [-0.15, -0.1) is 0 Å². The highest BCUT2D eigenvalue weighted by atomic mass is 79.9. The van der Waals surface area contributed by atoms with E-state index in [-0.39, 0.29) is 11.8 Å². The van der Waals surface area contributed by atoms with Crippen molar-refractivity contribution < 1.29 is 14.3 Å². The Bertz CT molecular complexity index is 1090. The Morgan fingerprint density at radius 3 is 2.77 bits per heavy atom. The van der Waals surface area contributed by atoms with Gasteiger partial charge in [-0.05, 0) is 77.3 Å². The number of ether oxygens (including phenoxy) is 1. The average molecular weight is 466 g/mol. The van der Waals surface area contributed by atoms with Crippen LogP contribution in [0.2, 0.25) is 0 Å². The van der Waals surface area contributed by atoms with Gasteiger partial charge in [0.05, 0.1) is 11.9 Å². The normalized spacial score (nSPS) is 15.9. The van der Waals surface area contributed by atoms with E-state index in [4.69, 9.17) is 4.74 Å². The maximum absolute atomic E-state index is 12.8. The highest BCUT2D eigenvalue weighted by Crippen LogP contribution is 2.32. The molecule has 1 unspecified atom stereocenters. The molecular weight excluding hydrogens is 446 g/mol. The molecule has 7 heteroatoms. The summed E-state index contributed by atoms with van der Waals surface area (Å²) in [6.45, 7) is 2.41. The Hall–Kier alpha value is -3.19. The predicted molar refractivity (Wildman–Crippen MR) is 119 cm³/mol. The van der Waals surface area contributed by atoms with Gasteiger partial charge in [-0.25, -0.2) is 0 Å². The van der Waals surface area contributed by atoms with Gasteiger partial charge in [0.15, 0.2) is 0 Å². The Labute approximate surface area is 183 Å². The molecule has 30 heavy (non-hydrogen) atoms. The average Bonchev–Trinajstić information content (AvgIpc) is 3.12. The van der Waals surface area contributed by atoms with Crippen molar-refractivity contribution in [2.45, 2.75) is 13.3 Å². The number of aromatic nitrogens is 1.